The van der Waals surface area contributed by atoms with Gasteiger partial charge in [0.1, 0.15) is 17.6 Å². The Labute approximate surface area is 83.3 Å². The third kappa shape index (κ3) is 3.49. The van der Waals surface area contributed by atoms with E-state index in [1.807, 2.05) is 6.92 Å². The highest BCUT2D eigenvalue weighted by Crippen LogP contribution is 2.17. The van der Waals surface area contributed by atoms with Gasteiger partial charge in [0.15, 0.2) is 0 Å². The van der Waals surface area contributed by atoms with Crippen LogP contribution in [0.2, 0.25) is 0 Å². The zero-order valence-corrected chi connectivity index (χ0v) is 8.05. The molecule has 0 aromatic heterocycles. The summed E-state index contributed by atoms with van der Waals surface area (Å²) in [5.74, 6) is 0.911. The summed E-state index contributed by atoms with van der Waals surface area (Å²) in [6.45, 7) is 1.89. The molecule has 0 amide bonds. The zero-order valence-electron chi connectivity index (χ0n) is 8.05. The Balaban J connectivity index is 2.51. The number of aliphatic hydroxyl groups excluding tert-OH is 1. The van der Waals surface area contributed by atoms with Gasteiger partial charge in [-0.2, -0.15) is 0 Å². The molecule has 3 heteroatoms. The molecule has 1 aromatic carbocycles. The Kier molecular flexibility index (Phi) is 4.01. The molecule has 0 fully saturated rings. The molecular weight excluding hydrogens is 180 g/mol. The van der Waals surface area contributed by atoms with Crippen molar-refractivity contribution in [3.8, 4) is 11.5 Å². The quantitative estimate of drug-likeness (QED) is 0.717. The van der Waals surface area contributed by atoms with Crippen LogP contribution < -0.4 is 4.74 Å². The van der Waals surface area contributed by atoms with Gasteiger partial charge in [-0.05, 0) is 37.3 Å². The fraction of sp³-hybridized carbons (Fsp3) is 0.273. The summed E-state index contributed by atoms with van der Waals surface area (Å²) in [5, 5.41) is 17.6. The fourth-order valence-corrected chi connectivity index (χ4v) is 1.03. The first-order chi connectivity index (χ1) is 6.72. The van der Waals surface area contributed by atoms with Gasteiger partial charge >= 0.3 is 0 Å². The number of ether oxygens (including phenoxy) is 1. The van der Waals surface area contributed by atoms with Gasteiger partial charge in [0.2, 0.25) is 0 Å². The molecule has 14 heavy (non-hydrogen) atoms. The number of hydrogen-bond donors (Lipinski definition) is 2. The summed E-state index contributed by atoms with van der Waals surface area (Å²) in [4.78, 5) is 0. The van der Waals surface area contributed by atoms with Crippen LogP contribution in [-0.2, 0) is 0 Å². The van der Waals surface area contributed by atoms with Crippen molar-refractivity contribution in [1.82, 2.24) is 0 Å². The second kappa shape index (κ2) is 5.29. The van der Waals surface area contributed by atoms with Crippen molar-refractivity contribution in [2.75, 3.05) is 6.61 Å². The lowest BCUT2D eigenvalue weighted by molar-refractivity contribution is 0.267. The molecule has 76 valence electrons. The van der Waals surface area contributed by atoms with Crippen LogP contribution in [0.25, 0.3) is 0 Å². The lowest BCUT2D eigenvalue weighted by atomic mass is 10.3. The van der Waals surface area contributed by atoms with Crippen LogP contribution >= 0.6 is 0 Å². The van der Waals surface area contributed by atoms with Gasteiger partial charge in [0, 0.05) is 0 Å². The molecule has 0 spiro atoms. The van der Waals surface area contributed by atoms with Crippen LogP contribution in [0.1, 0.15) is 6.92 Å². The molecule has 0 aliphatic carbocycles. The van der Waals surface area contributed by atoms with Crippen molar-refractivity contribution in [2.45, 2.75) is 13.0 Å². The van der Waals surface area contributed by atoms with Gasteiger partial charge in [0.05, 0.1) is 6.61 Å². The minimum Gasteiger partial charge on any atom is -0.508 e. The maximum absolute atomic E-state index is 9.03. The third-order valence-electron chi connectivity index (χ3n) is 1.67. The Hall–Kier alpha value is -1.48. The molecule has 0 aliphatic heterocycles. The molecule has 1 aromatic rings. The molecule has 0 aliphatic rings. The first-order valence-electron chi connectivity index (χ1n) is 4.45. The monoisotopic (exact) mass is 194 g/mol. The molecular formula is C11H14O3. The molecule has 1 atom stereocenters. The van der Waals surface area contributed by atoms with Crippen molar-refractivity contribution in [1.29, 1.82) is 0 Å². The predicted octanol–water partition coefficient (Wildman–Crippen LogP) is 1.71. The van der Waals surface area contributed by atoms with Crippen molar-refractivity contribution >= 4 is 0 Å². The largest absolute Gasteiger partial charge is 0.508 e. The second-order valence-electron chi connectivity index (χ2n) is 2.93. The second-order valence-corrected chi connectivity index (χ2v) is 2.93. The molecule has 0 saturated heterocycles. The van der Waals surface area contributed by atoms with Crippen LogP contribution in [0, 0.1) is 0 Å². The lowest BCUT2D eigenvalue weighted by Gasteiger charge is -2.10. The molecule has 0 saturated carbocycles. The van der Waals surface area contributed by atoms with Gasteiger partial charge < -0.3 is 14.9 Å². The number of hydrogen-bond acceptors (Lipinski definition) is 3. The summed E-state index contributed by atoms with van der Waals surface area (Å²) in [7, 11) is 0. The van der Waals surface area contributed by atoms with E-state index < -0.39 is 0 Å². The Morgan fingerprint density at radius 2 is 2.00 bits per heavy atom. The summed E-state index contributed by atoms with van der Waals surface area (Å²) in [6, 6.07) is 6.52. The Bertz CT molecular complexity index is 290. The van der Waals surface area contributed by atoms with Gasteiger partial charge in [-0.3, -0.25) is 0 Å². The summed E-state index contributed by atoms with van der Waals surface area (Å²) in [6.07, 6.45) is 3.31. The summed E-state index contributed by atoms with van der Waals surface area (Å²) < 4.78 is 5.46. The van der Waals surface area contributed by atoms with Gasteiger partial charge in [0.25, 0.3) is 0 Å². The third-order valence-corrected chi connectivity index (χ3v) is 1.67. The van der Waals surface area contributed by atoms with E-state index in [4.69, 9.17) is 14.9 Å². The van der Waals surface area contributed by atoms with E-state index in [-0.39, 0.29) is 18.5 Å². The minimum atomic E-state index is -0.0910. The SMILES string of the molecule is CC(/C=C/CO)Oc1ccc(O)cc1. The summed E-state index contributed by atoms with van der Waals surface area (Å²) in [5.41, 5.74) is 0. The highest BCUT2D eigenvalue weighted by atomic mass is 16.5. The fourth-order valence-electron chi connectivity index (χ4n) is 1.03. The van der Waals surface area contributed by atoms with Gasteiger partial charge in [-0.25, -0.2) is 0 Å². The topological polar surface area (TPSA) is 49.7 Å². The number of phenols is 1. The number of aromatic hydroxyl groups is 1. The van der Waals surface area contributed by atoms with Crippen molar-refractivity contribution in [3.05, 3.63) is 36.4 Å². The predicted molar refractivity (Wildman–Crippen MR) is 54.4 cm³/mol. The lowest BCUT2D eigenvalue weighted by Crippen LogP contribution is -2.07. The number of benzene rings is 1. The molecule has 1 unspecified atom stereocenters. The Morgan fingerprint density at radius 1 is 1.36 bits per heavy atom. The highest BCUT2D eigenvalue weighted by molar-refractivity contribution is 5.30. The standard InChI is InChI=1S/C11H14O3/c1-9(3-2-8-12)14-11-6-4-10(13)5-7-11/h2-7,9,12-13H,8H2,1H3/b3-2+. The molecule has 2 N–H and O–H groups in total. The van der Waals surface area contributed by atoms with Crippen molar-refractivity contribution in [2.24, 2.45) is 0 Å². The van der Waals surface area contributed by atoms with E-state index in [1.165, 1.54) is 0 Å². The highest BCUT2D eigenvalue weighted by Gasteiger charge is 1.98. The first-order valence-corrected chi connectivity index (χ1v) is 4.45. The number of aliphatic hydroxyl groups is 1. The molecule has 0 radical (unpaired) electrons. The van der Waals surface area contributed by atoms with E-state index >= 15 is 0 Å². The maximum Gasteiger partial charge on any atom is 0.120 e. The molecule has 0 heterocycles. The maximum atomic E-state index is 9.03. The summed E-state index contributed by atoms with van der Waals surface area (Å²) >= 11 is 0. The van der Waals surface area contributed by atoms with E-state index in [1.54, 1.807) is 36.4 Å². The van der Waals surface area contributed by atoms with E-state index in [0.717, 1.165) is 0 Å². The van der Waals surface area contributed by atoms with Crippen molar-refractivity contribution in [3.63, 3.8) is 0 Å². The normalized spacial score (nSPS) is 13.0. The molecule has 1 rings (SSSR count). The van der Waals surface area contributed by atoms with Crippen LogP contribution in [-0.4, -0.2) is 22.9 Å². The number of phenolic OH excluding ortho intramolecular Hbond substituents is 1. The van der Waals surface area contributed by atoms with E-state index in [0.29, 0.717) is 5.75 Å². The average molecular weight is 194 g/mol. The first kappa shape index (κ1) is 10.6. The van der Waals surface area contributed by atoms with Crippen LogP contribution in [0.3, 0.4) is 0 Å². The minimum absolute atomic E-state index is 0.0171. The molecule has 0 bridgehead atoms. The van der Waals surface area contributed by atoms with Gasteiger partial charge in [-0.1, -0.05) is 6.08 Å². The molecule has 3 nitrogen and oxygen atoms in total. The average Bonchev–Trinajstić information content (AvgIpc) is 2.18. The van der Waals surface area contributed by atoms with Crippen LogP contribution in [0.15, 0.2) is 36.4 Å². The smallest absolute Gasteiger partial charge is 0.120 e. The van der Waals surface area contributed by atoms with E-state index in [9.17, 15) is 0 Å². The Morgan fingerprint density at radius 3 is 2.57 bits per heavy atom. The van der Waals surface area contributed by atoms with Crippen molar-refractivity contribution < 1.29 is 14.9 Å². The zero-order chi connectivity index (χ0) is 10.4. The van der Waals surface area contributed by atoms with Crippen LogP contribution in [0.4, 0.5) is 0 Å². The van der Waals surface area contributed by atoms with Gasteiger partial charge in [-0.15, -0.1) is 0 Å². The van der Waals surface area contributed by atoms with Crippen LogP contribution in [0.5, 0.6) is 11.5 Å². The van der Waals surface area contributed by atoms with E-state index in [2.05, 4.69) is 0 Å². The number of rotatable bonds is 4.